The molecule has 0 saturated carbocycles. The molecule has 2 aromatic rings. The highest BCUT2D eigenvalue weighted by Gasteiger charge is 2.16. The zero-order chi connectivity index (χ0) is 13.3. The third-order valence-electron chi connectivity index (χ3n) is 2.71. The molecule has 0 aliphatic heterocycles. The third-order valence-corrected chi connectivity index (χ3v) is 3.43. The van der Waals surface area contributed by atoms with Crippen molar-refractivity contribution in [2.45, 2.75) is 12.3 Å². The minimum atomic E-state index is -0.665. The maximum Gasteiger partial charge on any atom is 0.129 e. The van der Waals surface area contributed by atoms with Crippen molar-refractivity contribution in [3.63, 3.8) is 0 Å². The van der Waals surface area contributed by atoms with E-state index in [2.05, 4.69) is 0 Å². The largest absolute Gasteiger partial charge is 0.207 e. The highest BCUT2D eigenvalue weighted by molar-refractivity contribution is 6.30. The Kier molecular flexibility index (Phi) is 3.88. The molecule has 0 radical (unpaired) electrons. The summed E-state index contributed by atoms with van der Waals surface area (Å²) in [6.45, 7) is 1.64. The zero-order valence-electron chi connectivity index (χ0n) is 9.55. The number of halogens is 4. The van der Waals surface area contributed by atoms with Crippen molar-refractivity contribution >= 4 is 23.2 Å². The quantitative estimate of drug-likeness (QED) is 0.661. The van der Waals surface area contributed by atoms with Crippen LogP contribution in [0.2, 0.25) is 5.02 Å². The van der Waals surface area contributed by atoms with E-state index in [1.807, 2.05) is 0 Å². The van der Waals surface area contributed by atoms with Crippen molar-refractivity contribution < 1.29 is 8.78 Å². The second kappa shape index (κ2) is 5.25. The SMILES string of the molecule is Cc1cc(C(Cl)c2ccc(Cl)cc2F)ccc1F. The monoisotopic (exact) mass is 286 g/mol. The summed E-state index contributed by atoms with van der Waals surface area (Å²) in [5.41, 5.74) is 1.45. The molecule has 1 unspecified atom stereocenters. The fraction of sp³-hybridized carbons (Fsp3) is 0.143. The molecule has 0 amide bonds. The molecule has 18 heavy (non-hydrogen) atoms. The minimum Gasteiger partial charge on any atom is -0.207 e. The lowest BCUT2D eigenvalue weighted by Crippen LogP contribution is -1.98. The molecule has 0 N–H and O–H groups in total. The number of alkyl halides is 1. The third kappa shape index (κ3) is 2.65. The lowest BCUT2D eigenvalue weighted by Gasteiger charge is -2.12. The standard InChI is InChI=1S/C14H10Cl2F2/c1-8-6-9(2-5-12(8)17)14(16)11-4-3-10(15)7-13(11)18/h2-7,14H,1H3. The molecule has 2 aromatic carbocycles. The Morgan fingerprint density at radius 1 is 1.00 bits per heavy atom. The molecule has 1 atom stereocenters. The predicted molar refractivity (Wildman–Crippen MR) is 70.2 cm³/mol. The molecule has 4 heteroatoms. The van der Waals surface area contributed by atoms with E-state index in [0.29, 0.717) is 21.7 Å². The van der Waals surface area contributed by atoms with E-state index < -0.39 is 11.2 Å². The Bertz CT molecular complexity index is 582. The Balaban J connectivity index is 2.41. The van der Waals surface area contributed by atoms with Gasteiger partial charge in [-0.2, -0.15) is 0 Å². The van der Waals surface area contributed by atoms with Gasteiger partial charge in [0, 0.05) is 10.6 Å². The first-order valence-electron chi connectivity index (χ1n) is 5.34. The highest BCUT2D eigenvalue weighted by Crippen LogP contribution is 2.32. The molecule has 2 rings (SSSR count). The highest BCUT2D eigenvalue weighted by atomic mass is 35.5. The lowest BCUT2D eigenvalue weighted by molar-refractivity contribution is 0.610. The fourth-order valence-corrected chi connectivity index (χ4v) is 2.18. The van der Waals surface area contributed by atoms with Crippen molar-refractivity contribution in [3.05, 3.63) is 69.7 Å². The summed E-state index contributed by atoms with van der Waals surface area (Å²) >= 11 is 11.9. The molecule has 0 nitrogen and oxygen atoms in total. The molecule has 0 aliphatic rings. The average Bonchev–Trinajstić information content (AvgIpc) is 2.32. The van der Waals surface area contributed by atoms with Crippen LogP contribution in [0.1, 0.15) is 22.1 Å². The van der Waals surface area contributed by atoms with Crippen LogP contribution in [0.4, 0.5) is 8.78 Å². The molecule has 0 aromatic heterocycles. The summed E-state index contributed by atoms with van der Waals surface area (Å²) < 4.78 is 26.9. The molecule has 0 saturated heterocycles. The Hall–Kier alpha value is -1.12. The smallest absolute Gasteiger partial charge is 0.129 e. The van der Waals surface area contributed by atoms with Gasteiger partial charge in [0.25, 0.3) is 0 Å². The Labute approximate surface area is 114 Å². The van der Waals surface area contributed by atoms with Crippen LogP contribution in [0.25, 0.3) is 0 Å². The first-order valence-corrected chi connectivity index (χ1v) is 6.15. The van der Waals surface area contributed by atoms with Gasteiger partial charge >= 0.3 is 0 Å². The topological polar surface area (TPSA) is 0 Å². The molecular weight excluding hydrogens is 277 g/mol. The summed E-state index contributed by atoms with van der Waals surface area (Å²) in [5, 5.41) is -0.350. The van der Waals surface area contributed by atoms with E-state index in [1.165, 1.54) is 18.2 Å². The first kappa shape index (κ1) is 13.3. The fourth-order valence-electron chi connectivity index (χ4n) is 1.71. The van der Waals surface area contributed by atoms with Crippen LogP contribution in [0.5, 0.6) is 0 Å². The van der Waals surface area contributed by atoms with Crippen LogP contribution < -0.4 is 0 Å². The van der Waals surface area contributed by atoms with E-state index in [1.54, 1.807) is 25.1 Å². The van der Waals surface area contributed by atoms with Crippen LogP contribution >= 0.6 is 23.2 Å². The first-order chi connectivity index (χ1) is 8.49. The van der Waals surface area contributed by atoms with Crippen LogP contribution in [0, 0.1) is 18.6 Å². The van der Waals surface area contributed by atoms with Gasteiger partial charge in [0.1, 0.15) is 11.6 Å². The molecular formula is C14H10Cl2F2. The molecule has 0 bridgehead atoms. The maximum atomic E-state index is 13.7. The number of aryl methyl sites for hydroxylation is 1. The van der Waals surface area contributed by atoms with Gasteiger partial charge < -0.3 is 0 Å². The molecule has 0 aliphatic carbocycles. The van der Waals surface area contributed by atoms with Crippen molar-refractivity contribution in [1.29, 1.82) is 0 Å². The van der Waals surface area contributed by atoms with E-state index in [4.69, 9.17) is 23.2 Å². The van der Waals surface area contributed by atoms with Gasteiger partial charge in [-0.15, -0.1) is 11.6 Å². The maximum absolute atomic E-state index is 13.7. The minimum absolute atomic E-state index is 0.306. The van der Waals surface area contributed by atoms with Gasteiger partial charge in [-0.25, -0.2) is 8.78 Å². The van der Waals surface area contributed by atoms with E-state index in [0.717, 1.165) is 0 Å². The number of rotatable bonds is 2. The van der Waals surface area contributed by atoms with Gasteiger partial charge in [-0.1, -0.05) is 29.8 Å². The van der Waals surface area contributed by atoms with Gasteiger partial charge in [0.05, 0.1) is 5.38 Å². The normalized spacial score (nSPS) is 12.5. The zero-order valence-corrected chi connectivity index (χ0v) is 11.1. The Morgan fingerprint density at radius 2 is 1.72 bits per heavy atom. The van der Waals surface area contributed by atoms with E-state index in [9.17, 15) is 8.78 Å². The summed E-state index contributed by atoms with van der Waals surface area (Å²) in [6.07, 6.45) is 0. The Morgan fingerprint density at radius 3 is 2.33 bits per heavy atom. The van der Waals surface area contributed by atoms with Crippen molar-refractivity contribution in [2.24, 2.45) is 0 Å². The average molecular weight is 287 g/mol. The summed E-state index contributed by atoms with van der Waals surface area (Å²) in [6, 6.07) is 8.81. The molecule has 94 valence electrons. The van der Waals surface area contributed by atoms with Crippen LogP contribution in [0.3, 0.4) is 0 Å². The summed E-state index contributed by atoms with van der Waals surface area (Å²) in [5.74, 6) is -0.774. The van der Waals surface area contributed by atoms with Crippen molar-refractivity contribution in [1.82, 2.24) is 0 Å². The lowest BCUT2D eigenvalue weighted by atomic mass is 10.0. The number of hydrogen-bond donors (Lipinski definition) is 0. The second-order valence-electron chi connectivity index (χ2n) is 4.04. The van der Waals surface area contributed by atoms with E-state index >= 15 is 0 Å². The van der Waals surface area contributed by atoms with Crippen LogP contribution in [0.15, 0.2) is 36.4 Å². The van der Waals surface area contributed by atoms with Crippen LogP contribution in [-0.4, -0.2) is 0 Å². The molecule has 0 heterocycles. The van der Waals surface area contributed by atoms with Gasteiger partial charge in [-0.05, 0) is 36.2 Å². The summed E-state index contributed by atoms with van der Waals surface area (Å²) in [7, 11) is 0. The molecule has 0 fully saturated rings. The number of benzene rings is 2. The number of hydrogen-bond acceptors (Lipinski definition) is 0. The second-order valence-corrected chi connectivity index (χ2v) is 4.91. The van der Waals surface area contributed by atoms with Crippen LogP contribution in [-0.2, 0) is 0 Å². The van der Waals surface area contributed by atoms with Crippen molar-refractivity contribution in [2.75, 3.05) is 0 Å². The van der Waals surface area contributed by atoms with Gasteiger partial charge in [0.15, 0.2) is 0 Å². The van der Waals surface area contributed by atoms with Gasteiger partial charge in [0.2, 0.25) is 0 Å². The van der Waals surface area contributed by atoms with E-state index in [-0.39, 0.29) is 5.82 Å². The van der Waals surface area contributed by atoms with Gasteiger partial charge in [-0.3, -0.25) is 0 Å². The predicted octanol–water partition coefficient (Wildman–Crippen LogP) is 5.25. The summed E-state index contributed by atoms with van der Waals surface area (Å²) in [4.78, 5) is 0. The van der Waals surface area contributed by atoms with Crippen molar-refractivity contribution in [3.8, 4) is 0 Å². The molecule has 0 spiro atoms.